The van der Waals surface area contributed by atoms with E-state index in [2.05, 4.69) is 22.7 Å². The molecule has 2 aromatic rings. The molecular weight excluding hydrogens is 260 g/mol. The van der Waals surface area contributed by atoms with Gasteiger partial charge in [0.15, 0.2) is 0 Å². The van der Waals surface area contributed by atoms with Gasteiger partial charge in [-0.3, -0.25) is 4.79 Å². The number of nitrogens with zero attached hydrogens (tertiary/aromatic N) is 1. The van der Waals surface area contributed by atoms with Crippen LogP contribution in [0.1, 0.15) is 30.4 Å². The van der Waals surface area contributed by atoms with E-state index in [0.29, 0.717) is 5.92 Å². The minimum Gasteiger partial charge on any atom is -0.273 e. The van der Waals surface area contributed by atoms with Gasteiger partial charge in [-0.05, 0) is 30.4 Å². The number of hydrogen-bond acceptors (Lipinski definition) is 2. The molecule has 0 spiro atoms. The number of carbonyl (C=O) groups is 1. The van der Waals surface area contributed by atoms with Crippen LogP contribution in [0.25, 0.3) is 0 Å². The van der Waals surface area contributed by atoms with E-state index in [9.17, 15) is 4.79 Å². The molecule has 0 bridgehead atoms. The Morgan fingerprint density at radius 3 is 2.33 bits per heavy atom. The zero-order chi connectivity index (χ0) is 14.7. The van der Waals surface area contributed by atoms with Crippen molar-refractivity contribution in [2.24, 2.45) is 11.0 Å². The number of nitrogens with one attached hydrogen (secondary N) is 1. The molecular formula is C18H18N2O. The van der Waals surface area contributed by atoms with Crippen LogP contribution in [-0.4, -0.2) is 11.6 Å². The molecule has 106 valence electrons. The van der Waals surface area contributed by atoms with Gasteiger partial charge in [-0.2, -0.15) is 5.10 Å². The van der Waals surface area contributed by atoms with Gasteiger partial charge in [0.05, 0.1) is 5.71 Å². The van der Waals surface area contributed by atoms with E-state index in [1.165, 1.54) is 5.56 Å². The summed E-state index contributed by atoms with van der Waals surface area (Å²) in [5.74, 6) is 0.414. The highest BCUT2D eigenvalue weighted by atomic mass is 16.2. The summed E-state index contributed by atoms with van der Waals surface area (Å²) in [6, 6.07) is 20.0. The quantitative estimate of drug-likeness (QED) is 0.676. The summed E-state index contributed by atoms with van der Waals surface area (Å²) in [4.78, 5) is 12.1. The molecule has 3 nitrogen and oxygen atoms in total. The molecule has 1 amide bonds. The van der Waals surface area contributed by atoms with E-state index in [1.54, 1.807) is 0 Å². The summed E-state index contributed by atoms with van der Waals surface area (Å²) in [5.41, 5.74) is 5.77. The zero-order valence-electron chi connectivity index (χ0n) is 12.0. The van der Waals surface area contributed by atoms with Crippen LogP contribution in [0.3, 0.4) is 0 Å². The SMILES string of the molecule is CC(=NNC(=O)[C@@H]1C[C@@H]1c1ccccc1)c1ccccc1. The van der Waals surface area contributed by atoms with Gasteiger partial charge >= 0.3 is 0 Å². The summed E-state index contributed by atoms with van der Waals surface area (Å²) in [7, 11) is 0. The fourth-order valence-corrected chi connectivity index (χ4v) is 2.52. The second-order valence-electron chi connectivity index (χ2n) is 5.40. The molecule has 2 atom stereocenters. The first-order chi connectivity index (χ1) is 10.3. The van der Waals surface area contributed by atoms with E-state index in [4.69, 9.17) is 0 Å². The van der Waals surface area contributed by atoms with Crippen LogP contribution in [0.15, 0.2) is 65.8 Å². The van der Waals surface area contributed by atoms with E-state index in [-0.39, 0.29) is 11.8 Å². The third kappa shape index (κ3) is 3.19. The number of amides is 1. The van der Waals surface area contributed by atoms with Crippen molar-refractivity contribution >= 4 is 11.6 Å². The maximum absolute atomic E-state index is 12.1. The summed E-state index contributed by atoms with van der Waals surface area (Å²) in [6.07, 6.45) is 0.912. The van der Waals surface area contributed by atoms with Crippen molar-refractivity contribution in [1.82, 2.24) is 5.43 Å². The van der Waals surface area contributed by atoms with Crippen LogP contribution in [0.5, 0.6) is 0 Å². The van der Waals surface area contributed by atoms with Crippen LogP contribution < -0.4 is 5.43 Å². The first-order valence-electron chi connectivity index (χ1n) is 7.20. The van der Waals surface area contributed by atoms with Crippen LogP contribution >= 0.6 is 0 Å². The van der Waals surface area contributed by atoms with Crippen molar-refractivity contribution < 1.29 is 4.79 Å². The normalized spacial score (nSPS) is 20.9. The summed E-state index contributed by atoms with van der Waals surface area (Å²) in [5, 5.41) is 4.20. The topological polar surface area (TPSA) is 41.5 Å². The largest absolute Gasteiger partial charge is 0.273 e. The average molecular weight is 278 g/mol. The molecule has 1 aliphatic rings. The van der Waals surface area contributed by atoms with Crippen LogP contribution in [0.4, 0.5) is 0 Å². The number of hydrogen-bond donors (Lipinski definition) is 1. The lowest BCUT2D eigenvalue weighted by Gasteiger charge is -2.03. The number of carbonyl (C=O) groups excluding carboxylic acids is 1. The molecule has 3 rings (SSSR count). The Morgan fingerprint density at radius 1 is 1.05 bits per heavy atom. The maximum Gasteiger partial charge on any atom is 0.243 e. The van der Waals surface area contributed by atoms with Crippen molar-refractivity contribution in [1.29, 1.82) is 0 Å². The van der Waals surface area contributed by atoms with Crippen LogP contribution in [0, 0.1) is 5.92 Å². The molecule has 1 saturated carbocycles. The fourth-order valence-electron chi connectivity index (χ4n) is 2.52. The number of hydrazone groups is 1. The molecule has 0 unspecified atom stereocenters. The van der Waals surface area contributed by atoms with Crippen LogP contribution in [-0.2, 0) is 4.79 Å². The Labute approximate surface area is 124 Å². The second-order valence-corrected chi connectivity index (χ2v) is 5.40. The lowest BCUT2D eigenvalue weighted by molar-refractivity contribution is -0.122. The van der Waals surface area contributed by atoms with Gasteiger partial charge in [-0.25, -0.2) is 5.43 Å². The predicted octanol–water partition coefficient (Wildman–Crippen LogP) is 3.33. The minimum atomic E-state index is 0.0131. The zero-order valence-corrected chi connectivity index (χ0v) is 12.0. The molecule has 0 aliphatic heterocycles. The third-order valence-corrected chi connectivity index (χ3v) is 3.88. The molecule has 0 radical (unpaired) electrons. The van der Waals surface area contributed by atoms with E-state index in [1.807, 2.05) is 55.5 Å². The Morgan fingerprint density at radius 2 is 1.67 bits per heavy atom. The van der Waals surface area contributed by atoms with Crippen molar-refractivity contribution in [3.63, 3.8) is 0 Å². The lowest BCUT2D eigenvalue weighted by Crippen LogP contribution is -2.21. The number of rotatable bonds is 4. The molecule has 21 heavy (non-hydrogen) atoms. The number of benzene rings is 2. The molecule has 1 N–H and O–H groups in total. The first kappa shape index (κ1) is 13.6. The van der Waals surface area contributed by atoms with Gasteiger partial charge < -0.3 is 0 Å². The van der Waals surface area contributed by atoms with E-state index >= 15 is 0 Å². The first-order valence-corrected chi connectivity index (χ1v) is 7.20. The highest BCUT2D eigenvalue weighted by Crippen LogP contribution is 2.47. The van der Waals surface area contributed by atoms with Gasteiger partial charge in [0, 0.05) is 5.92 Å². The smallest absolute Gasteiger partial charge is 0.243 e. The Kier molecular flexibility index (Phi) is 3.82. The lowest BCUT2D eigenvalue weighted by atomic mass is 10.1. The van der Waals surface area contributed by atoms with Crippen molar-refractivity contribution in [2.45, 2.75) is 19.3 Å². The average Bonchev–Trinajstić information content (AvgIpc) is 3.35. The minimum absolute atomic E-state index is 0.0131. The molecule has 1 aliphatic carbocycles. The van der Waals surface area contributed by atoms with Gasteiger partial charge in [-0.1, -0.05) is 60.7 Å². The highest BCUT2D eigenvalue weighted by Gasteiger charge is 2.43. The van der Waals surface area contributed by atoms with Crippen molar-refractivity contribution in [3.8, 4) is 0 Å². The second kappa shape index (κ2) is 5.92. The molecule has 0 heterocycles. The summed E-state index contributed by atoms with van der Waals surface area (Å²) in [6.45, 7) is 1.90. The summed E-state index contributed by atoms with van der Waals surface area (Å²) >= 11 is 0. The maximum atomic E-state index is 12.1. The Balaban J connectivity index is 1.59. The van der Waals surface area contributed by atoms with E-state index in [0.717, 1.165) is 17.7 Å². The summed E-state index contributed by atoms with van der Waals surface area (Å²) < 4.78 is 0. The van der Waals surface area contributed by atoms with Crippen molar-refractivity contribution in [2.75, 3.05) is 0 Å². The van der Waals surface area contributed by atoms with Gasteiger partial charge in [-0.15, -0.1) is 0 Å². The third-order valence-electron chi connectivity index (χ3n) is 3.88. The molecule has 2 aromatic carbocycles. The Bertz CT molecular complexity index is 649. The van der Waals surface area contributed by atoms with Crippen LogP contribution in [0.2, 0.25) is 0 Å². The molecule has 1 fully saturated rings. The highest BCUT2D eigenvalue weighted by molar-refractivity contribution is 5.99. The molecule has 0 saturated heterocycles. The van der Waals surface area contributed by atoms with Gasteiger partial charge in [0.25, 0.3) is 0 Å². The van der Waals surface area contributed by atoms with Gasteiger partial charge in [0.2, 0.25) is 5.91 Å². The van der Waals surface area contributed by atoms with Gasteiger partial charge in [0.1, 0.15) is 0 Å². The standard InChI is InChI=1S/C18H18N2O/c1-13(14-8-4-2-5-9-14)19-20-18(21)17-12-16(17)15-10-6-3-7-11-15/h2-11,16-17H,12H2,1H3,(H,20,21)/t16-,17-/m1/s1. The predicted molar refractivity (Wildman–Crippen MR) is 84.1 cm³/mol. The van der Waals surface area contributed by atoms with Crippen molar-refractivity contribution in [3.05, 3.63) is 71.8 Å². The Hall–Kier alpha value is -2.42. The molecule has 0 aromatic heterocycles. The van der Waals surface area contributed by atoms with E-state index < -0.39 is 0 Å². The monoisotopic (exact) mass is 278 g/mol. The fraction of sp³-hybridized carbons (Fsp3) is 0.222. The molecule has 3 heteroatoms.